The van der Waals surface area contributed by atoms with Gasteiger partial charge in [-0.25, -0.2) is 14.8 Å². The Hall–Kier alpha value is -4.02. The summed E-state index contributed by atoms with van der Waals surface area (Å²) in [6.07, 6.45) is 4.99. The molecule has 0 saturated carbocycles. The van der Waals surface area contributed by atoms with Gasteiger partial charge < -0.3 is 14.6 Å². The van der Waals surface area contributed by atoms with Crippen LogP contribution in [-0.4, -0.2) is 49.2 Å². The Kier molecular flexibility index (Phi) is 4.54. The molecule has 0 unspecified atom stereocenters. The minimum Gasteiger partial charge on any atom is -0.465 e. The zero-order chi connectivity index (χ0) is 19.5. The molecule has 4 aromatic rings. The Bertz CT molecular complexity index is 1120. The number of anilines is 1. The molecule has 0 bridgehead atoms. The van der Waals surface area contributed by atoms with Gasteiger partial charge in [0.1, 0.15) is 5.65 Å². The molecule has 0 fully saturated rings. The van der Waals surface area contributed by atoms with E-state index in [1.54, 1.807) is 29.1 Å². The monoisotopic (exact) mass is 380 g/mol. The van der Waals surface area contributed by atoms with Crippen molar-refractivity contribution < 1.29 is 14.1 Å². The number of methoxy groups -OCH3 is 1. The molecule has 0 atom stereocenters. The third-order valence-corrected chi connectivity index (χ3v) is 3.77. The number of imidazole rings is 1. The number of nitrogens with zero attached hydrogens (tertiary/aromatic N) is 6. The molecule has 4 aromatic heterocycles. The van der Waals surface area contributed by atoms with E-state index in [1.807, 2.05) is 19.1 Å². The summed E-state index contributed by atoms with van der Waals surface area (Å²) in [5, 5.41) is 9.05. The maximum absolute atomic E-state index is 11.8. The predicted octanol–water partition coefficient (Wildman–Crippen LogP) is 1.99. The summed E-state index contributed by atoms with van der Waals surface area (Å²) in [6, 6.07) is 5.19. The lowest BCUT2D eigenvalue weighted by molar-refractivity contribution is 0.252. The lowest BCUT2D eigenvalue weighted by atomic mass is 10.2. The van der Waals surface area contributed by atoms with Crippen LogP contribution in [0.5, 0.6) is 6.01 Å². The highest BCUT2D eigenvalue weighted by Gasteiger charge is 2.18. The van der Waals surface area contributed by atoms with Crippen molar-refractivity contribution in [2.24, 2.45) is 0 Å². The molecular formula is C17H16N8O3. The summed E-state index contributed by atoms with van der Waals surface area (Å²) >= 11 is 0. The van der Waals surface area contributed by atoms with E-state index in [4.69, 9.17) is 9.26 Å². The average molecular weight is 380 g/mol. The fourth-order valence-electron chi connectivity index (χ4n) is 2.57. The Morgan fingerprint density at radius 2 is 2.21 bits per heavy atom. The number of hydrogen-bond donors (Lipinski definition) is 2. The third-order valence-electron chi connectivity index (χ3n) is 3.77. The van der Waals surface area contributed by atoms with Crippen molar-refractivity contribution in [2.45, 2.75) is 6.92 Å². The first-order chi connectivity index (χ1) is 13.7. The van der Waals surface area contributed by atoms with Crippen LogP contribution in [0, 0.1) is 0 Å². The zero-order valence-corrected chi connectivity index (χ0v) is 15.1. The second kappa shape index (κ2) is 7.31. The van der Waals surface area contributed by atoms with Crippen molar-refractivity contribution in [2.75, 3.05) is 19.0 Å². The van der Waals surface area contributed by atoms with Gasteiger partial charge in [-0.2, -0.15) is 4.98 Å². The molecule has 142 valence electrons. The van der Waals surface area contributed by atoms with Crippen LogP contribution >= 0.6 is 0 Å². The Morgan fingerprint density at radius 3 is 2.93 bits per heavy atom. The number of hydrogen-bond acceptors (Lipinski definition) is 8. The first kappa shape index (κ1) is 17.4. The normalized spacial score (nSPS) is 10.8. The quantitative estimate of drug-likeness (QED) is 0.537. The van der Waals surface area contributed by atoms with Gasteiger partial charge >= 0.3 is 12.0 Å². The molecule has 4 heterocycles. The van der Waals surface area contributed by atoms with Crippen molar-refractivity contribution in [1.82, 2.24) is 34.8 Å². The number of rotatable bonds is 5. The standard InChI is InChI=1S/C17H16N8O3/c1-3-19-16(26)22-12-9-25-13(21-12)7-11(10-5-4-6-18-8-10)20-14(25)15-23-17(27-2)24-28-15/h4-9H,3H2,1-2H3,(H2,19,22,26). The molecule has 0 aliphatic heterocycles. The van der Waals surface area contributed by atoms with Crippen LogP contribution in [0.15, 0.2) is 41.3 Å². The van der Waals surface area contributed by atoms with Gasteiger partial charge in [0.15, 0.2) is 5.82 Å². The number of amides is 2. The second-order valence-electron chi connectivity index (χ2n) is 5.63. The van der Waals surface area contributed by atoms with Crippen LogP contribution in [0.2, 0.25) is 0 Å². The van der Waals surface area contributed by atoms with E-state index < -0.39 is 0 Å². The van der Waals surface area contributed by atoms with Gasteiger partial charge in [-0.15, -0.1) is 0 Å². The summed E-state index contributed by atoms with van der Waals surface area (Å²) in [5.74, 6) is 0.849. The number of nitrogens with one attached hydrogen (secondary N) is 2. The molecule has 0 radical (unpaired) electrons. The average Bonchev–Trinajstić information content (AvgIpc) is 3.34. The fourth-order valence-corrected chi connectivity index (χ4v) is 2.57. The first-order valence-corrected chi connectivity index (χ1v) is 8.41. The lowest BCUT2D eigenvalue weighted by Gasteiger charge is -2.04. The molecule has 11 nitrogen and oxygen atoms in total. The minimum atomic E-state index is -0.354. The highest BCUT2D eigenvalue weighted by molar-refractivity contribution is 5.88. The molecular weight excluding hydrogens is 364 g/mol. The maximum atomic E-state index is 11.8. The van der Waals surface area contributed by atoms with Crippen molar-refractivity contribution in [3.63, 3.8) is 0 Å². The summed E-state index contributed by atoms with van der Waals surface area (Å²) < 4.78 is 11.9. The highest BCUT2D eigenvalue weighted by atomic mass is 16.5. The number of urea groups is 1. The first-order valence-electron chi connectivity index (χ1n) is 8.41. The summed E-state index contributed by atoms with van der Waals surface area (Å²) in [7, 11) is 1.44. The van der Waals surface area contributed by atoms with E-state index in [0.717, 1.165) is 5.56 Å². The number of fused-ring (bicyclic) bond motifs is 1. The lowest BCUT2D eigenvalue weighted by Crippen LogP contribution is -2.28. The summed E-state index contributed by atoms with van der Waals surface area (Å²) in [6.45, 7) is 2.33. The van der Waals surface area contributed by atoms with Gasteiger partial charge in [-0.05, 0) is 24.2 Å². The zero-order valence-electron chi connectivity index (χ0n) is 15.1. The molecule has 2 amide bonds. The molecule has 0 aromatic carbocycles. The van der Waals surface area contributed by atoms with E-state index in [2.05, 4.69) is 35.7 Å². The van der Waals surface area contributed by atoms with Crippen molar-refractivity contribution in [3.05, 3.63) is 36.8 Å². The van der Waals surface area contributed by atoms with Crippen LogP contribution in [0.4, 0.5) is 10.6 Å². The van der Waals surface area contributed by atoms with Gasteiger partial charge in [0.25, 0.3) is 5.89 Å². The van der Waals surface area contributed by atoms with Crippen LogP contribution in [-0.2, 0) is 0 Å². The van der Waals surface area contributed by atoms with E-state index in [-0.39, 0.29) is 17.9 Å². The predicted molar refractivity (Wildman–Crippen MR) is 98.8 cm³/mol. The third kappa shape index (κ3) is 3.32. The minimum absolute atomic E-state index is 0.0810. The topological polar surface area (TPSA) is 132 Å². The van der Waals surface area contributed by atoms with Gasteiger partial charge in [0.05, 0.1) is 19.0 Å². The van der Waals surface area contributed by atoms with Gasteiger partial charge in [0.2, 0.25) is 5.82 Å². The summed E-state index contributed by atoms with van der Waals surface area (Å²) in [5.41, 5.74) is 1.94. The Balaban J connectivity index is 1.85. The molecule has 11 heteroatoms. The van der Waals surface area contributed by atoms with Crippen LogP contribution in [0.1, 0.15) is 6.92 Å². The number of carbonyl (C=O) groups is 1. The fraction of sp³-hybridized carbons (Fsp3) is 0.176. The molecule has 0 aliphatic carbocycles. The van der Waals surface area contributed by atoms with Gasteiger partial charge in [-0.1, -0.05) is 0 Å². The number of pyridine rings is 1. The maximum Gasteiger partial charge on any atom is 0.354 e. The molecule has 28 heavy (non-hydrogen) atoms. The van der Waals surface area contributed by atoms with Crippen molar-refractivity contribution in [1.29, 1.82) is 0 Å². The molecule has 0 aliphatic rings. The Labute approximate surface area is 158 Å². The number of carbonyl (C=O) groups excluding carboxylic acids is 1. The summed E-state index contributed by atoms with van der Waals surface area (Å²) in [4.78, 5) is 29.2. The van der Waals surface area contributed by atoms with Gasteiger partial charge in [-0.3, -0.25) is 14.7 Å². The van der Waals surface area contributed by atoms with E-state index in [9.17, 15) is 4.79 Å². The SMILES string of the molecule is CCNC(=O)Nc1cn2c(-c3nc(OC)no3)nc(-c3cccnc3)cc2n1. The second-order valence-corrected chi connectivity index (χ2v) is 5.63. The number of ether oxygens (including phenoxy) is 1. The highest BCUT2D eigenvalue weighted by Crippen LogP contribution is 2.26. The van der Waals surface area contributed by atoms with Crippen LogP contribution in [0.3, 0.4) is 0 Å². The molecule has 2 N–H and O–H groups in total. The largest absolute Gasteiger partial charge is 0.465 e. The van der Waals surface area contributed by atoms with Gasteiger partial charge in [0, 0.05) is 30.6 Å². The number of aromatic nitrogens is 6. The van der Waals surface area contributed by atoms with E-state index in [1.165, 1.54) is 7.11 Å². The van der Waals surface area contributed by atoms with Crippen LogP contribution < -0.4 is 15.4 Å². The van der Waals surface area contributed by atoms with Crippen molar-refractivity contribution in [3.8, 4) is 29.0 Å². The molecule has 0 spiro atoms. The molecule has 4 rings (SSSR count). The van der Waals surface area contributed by atoms with Crippen LogP contribution in [0.25, 0.3) is 28.6 Å². The molecule has 0 saturated heterocycles. The smallest absolute Gasteiger partial charge is 0.354 e. The van der Waals surface area contributed by atoms with E-state index in [0.29, 0.717) is 29.5 Å². The Morgan fingerprint density at radius 1 is 1.32 bits per heavy atom. The van der Waals surface area contributed by atoms with Crippen molar-refractivity contribution >= 4 is 17.5 Å². The van der Waals surface area contributed by atoms with E-state index >= 15 is 0 Å².